The van der Waals surface area contributed by atoms with Crippen LogP contribution in [0.3, 0.4) is 0 Å². The van der Waals surface area contributed by atoms with Gasteiger partial charge in [-0.05, 0) is 51.4 Å². The third-order valence-electron chi connectivity index (χ3n) is 8.82. The van der Waals surface area contributed by atoms with Crippen LogP contribution in [0.15, 0.2) is 0 Å². The van der Waals surface area contributed by atoms with Crippen molar-refractivity contribution in [3.63, 3.8) is 0 Å². The standard InChI is InChI=1S/C37H64B3N11O10/c1-28(2)29(53)12-6-3-7-13-42-31(55)21-50(22-32(56)43-15-9-4-8-14-41-30(54)20-49(18-19-52)25-35(59)46-38)23-33(57)44-16-10-5-11-17-45-34(58)24-51(26-36(60)47-39)27-37(61)48-40/h19,28H,3-18,20-27H2,1-2H3,(H,41,54)(H,42,55)(H,43,56)(H,44,57)(H,45,58)(H,46,59)(H,47,60)(H,48,61). The summed E-state index contributed by atoms with van der Waals surface area (Å²) in [4.78, 5) is 124. The zero-order chi connectivity index (χ0) is 45.8. The molecule has 8 amide bonds. The summed E-state index contributed by atoms with van der Waals surface area (Å²) < 4.78 is 0. The van der Waals surface area contributed by atoms with Gasteiger partial charge >= 0.3 is 0 Å². The van der Waals surface area contributed by atoms with Crippen molar-refractivity contribution in [3.05, 3.63) is 0 Å². The van der Waals surface area contributed by atoms with E-state index in [1.54, 1.807) is 0 Å². The summed E-state index contributed by atoms with van der Waals surface area (Å²) in [5, 5.41) is 19.6. The Morgan fingerprint density at radius 2 is 0.672 bits per heavy atom. The third-order valence-corrected chi connectivity index (χ3v) is 8.82. The largest absolute Gasteiger partial charge is 0.408 e. The Morgan fingerprint density at radius 1 is 0.410 bits per heavy atom. The molecule has 0 rings (SSSR count). The van der Waals surface area contributed by atoms with Crippen LogP contribution in [-0.2, 0) is 47.9 Å². The number of rotatable bonds is 37. The van der Waals surface area contributed by atoms with Crippen molar-refractivity contribution in [2.24, 2.45) is 5.92 Å². The second kappa shape index (κ2) is 35.9. The van der Waals surface area contributed by atoms with Crippen LogP contribution in [-0.4, -0.2) is 190 Å². The first-order chi connectivity index (χ1) is 29.1. The van der Waals surface area contributed by atoms with Gasteiger partial charge in [0, 0.05) is 45.1 Å². The maximum atomic E-state index is 12.8. The zero-order valence-electron chi connectivity index (χ0n) is 35.8. The Balaban J connectivity index is 4.80. The first-order valence-corrected chi connectivity index (χ1v) is 20.6. The maximum absolute atomic E-state index is 12.8. The topological polar surface area (TPSA) is 277 Å². The van der Waals surface area contributed by atoms with Crippen LogP contribution in [0.2, 0.25) is 0 Å². The number of carbonyl (C=O) groups excluding carboxylic acids is 10. The molecule has 6 radical (unpaired) electrons. The van der Waals surface area contributed by atoms with Gasteiger partial charge in [0.05, 0.1) is 58.9 Å². The lowest BCUT2D eigenvalue weighted by molar-refractivity contribution is -0.129. The normalized spacial score (nSPS) is 10.9. The Kier molecular flexibility index (Phi) is 33.0. The van der Waals surface area contributed by atoms with E-state index in [0.717, 1.165) is 12.8 Å². The molecule has 0 fully saturated rings. The minimum atomic E-state index is -0.588. The summed E-state index contributed by atoms with van der Waals surface area (Å²) in [5.74, 6) is -3.41. The lowest BCUT2D eigenvalue weighted by atomic mass is 10.0. The third kappa shape index (κ3) is 32.6. The number of amides is 8. The quantitative estimate of drug-likeness (QED) is 0.0166. The molecule has 0 aromatic heterocycles. The van der Waals surface area contributed by atoms with Crippen molar-refractivity contribution >= 4 is 83.3 Å². The van der Waals surface area contributed by atoms with Crippen LogP contribution in [0.25, 0.3) is 0 Å². The fourth-order valence-corrected chi connectivity index (χ4v) is 5.55. The Bertz CT molecular complexity index is 1380. The van der Waals surface area contributed by atoms with Gasteiger partial charge in [0.15, 0.2) is 0 Å². The van der Waals surface area contributed by atoms with Crippen LogP contribution in [0.1, 0.15) is 78.1 Å². The molecule has 61 heavy (non-hydrogen) atoms. The molecule has 0 bridgehead atoms. The minimum Gasteiger partial charge on any atom is -0.408 e. The molecule has 21 nitrogen and oxygen atoms in total. The number of nitrogens with zero attached hydrogens (tertiary/aromatic N) is 3. The molecular formula is C37H64B3N11O10. The average molecular weight is 855 g/mol. The van der Waals surface area contributed by atoms with E-state index in [4.69, 9.17) is 23.9 Å². The molecule has 0 spiro atoms. The van der Waals surface area contributed by atoms with E-state index in [9.17, 15) is 47.9 Å². The Hall–Kier alpha value is -4.83. The van der Waals surface area contributed by atoms with Gasteiger partial charge in [-0.2, -0.15) is 0 Å². The Morgan fingerprint density at radius 3 is 0.951 bits per heavy atom. The van der Waals surface area contributed by atoms with Gasteiger partial charge in [0.2, 0.25) is 71.2 Å². The van der Waals surface area contributed by atoms with Crippen molar-refractivity contribution in [1.82, 2.24) is 57.0 Å². The molecule has 0 heterocycles. The number of Topliss-reactive ketones (excluding diaryl/α,β-unsaturated/α-hetero) is 1. The van der Waals surface area contributed by atoms with Crippen LogP contribution < -0.4 is 42.3 Å². The fraction of sp³-hybridized carbons (Fsp3) is 0.730. The molecule has 336 valence electrons. The number of aldehydes is 1. The molecule has 0 aliphatic heterocycles. The molecule has 0 aliphatic carbocycles. The number of carbonyl (C=O) groups is 10. The van der Waals surface area contributed by atoms with Gasteiger partial charge in [0.25, 0.3) is 0 Å². The lowest BCUT2D eigenvalue weighted by Gasteiger charge is -2.21. The van der Waals surface area contributed by atoms with Crippen LogP contribution in [0.5, 0.6) is 0 Å². The number of hydrogen-bond acceptors (Lipinski definition) is 13. The van der Waals surface area contributed by atoms with Crippen molar-refractivity contribution in [1.29, 1.82) is 0 Å². The van der Waals surface area contributed by atoms with Gasteiger partial charge in [-0.3, -0.25) is 57.9 Å². The van der Waals surface area contributed by atoms with E-state index in [1.165, 1.54) is 14.7 Å². The zero-order valence-corrected chi connectivity index (χ0v) is 35.8. The summed E-state index contributed by atoms with van der Waals surface area (Å²) in [6.45, 7) is 3.53. The first-order valence-electron chi connectivity index (χ1n) is 20.6. The smallest absolute Gasteiger partial charge is 0.234 e. The highest BCUT2D eigenvalue weighted by Crippen LogP contribution is 2.06. The summed E-state index contributed by atoms with van der Waals surface area (Å²) in [6.07, 6.45) is 6.95. The summed E-state index contributed by atoms with van der Waals surface area (Å²) in [7, 11) is 15.2. The predicted molar refractivity (Wildman–Crippen MR) is 228 cm³/mol. The number of hydrogen-bond donors (Lipinski definition) is 8. The van der Waals surface area contributed by atoms with Gasteiger partial charge < -0.3 is 47.1 Å². The highest BCUT2D eigenvalue weighted by Gasteiger charge is 2.19. The van der Waals surface area contributed by atoms with E-state index in [-0.39, 0.29) is 94.2 Å². The summed E-state index contributed by atoms with van der Waals surface area (Å²) in [6, 6.07) is 0. The highest BCUT2D eigenvalue weighted by atomic mass is 16.2. The fourth-order valence-electron chi connectivity index (χ4n) is 5.55. The van der Waals surface area contributed by atoms with Crippen molar-refractivity contribution < 1.29 is 47.9 Å². The molecule has 8 N–H and O–H groups in total. The van der Waals surface area contributed by atoms with Crippen molar-refractivity contribution in [3.8, 4) is 0 Å². The molecule has 0 aromatic carbocycles. The molecular weight excluding hydrogens is 791 g/mol. The summed E-state index contributed by atoms with van der Waals surface area (Å²) in [5.41, 5.74) is 0. The van der Waals surface area contributed by atoms with Crippen LogP contribution in [0, 0.1) is 5.92 Å². The van der Waals surface area contributed by atoms with E-state index in [0.29, 0.717) is 90.4 Å². The van der Waals surface area contributed by atoms with Crippen molar-refractivity contribution in [2.75, 3.05) is 91.6 Å². The molecule has 0 saturated heterocycles. The monoisotopic (exact) mass is 856 g/mol. The molecule has 0 unspecified atom stereocenters. The van der Waals surface area contributed by atoms with Gasteiger partial charge in [-0.15, -0.1) is 0 Å². The van der Waals surface area contributed by atoms with Crippen LogP contribution in [0.4, 0.5) is 0 Å². The van der Waals surface area contributed by atoms with E-state index in [2.05, 4.69) is 26.6 Å². The van der Waals surface area contributed by atoms with E-state index < -0.39 is 23.6 Å². The number of unbranched alkanes of at least 4 members (excludes halogenated alkanes) is 6. The van der Waals surface area contributed by atoms with Crippen molar-refractivity contribution in [2.45, 2.75) is 78.1 Å². The minimum absolute atomic E-state index is 0.0121. The lowest BCUT2D eigenvalue weighted by Crippen LogP contribution is -2.47. The molecule has 24 heteroatoms. The highest BCUT2D eigenvalue weighted by molar-refractivity contribution is 6.15. The molecule has 0 aromatic rings. The average Bonchev–Trinajstić information content (AvgIpc) is 3.20. The number of nitrogens with one attached hydrogen (secondary N) is 8. The Labute approximate surface area is 363 Å². The predicted octanol–water partition coefficient (Wildman–Crippen LogP) is -4.60. The first kappa shape index (κ1) is 56.2. The second-order valence-electron chi connectivity index (χ2n) is 14.6. The maximum Gasteiger partial charge on any atom is 0.234 e. The van der Waals surface area contributed by atoms with E-state index in [1.807, 2.05) is 29.5 Å². The van der Waals surface area contributed by atoms with E-state index >= 15 is 0 Å². The SMILES string of the molecule is [B]NC(=O)CN(CC=O)CC(=O)NCCCCCNC(=O)CN(CC(=O)NCCCCCNC(=O)CN(CC(=O)N[B])CC(=O)N[B])CC(=O)NCCCCCC(=O)C(C)C. The van der Waals surface area contributed by atoms with Gasteiger partial charge in [-0.1, -0.05) is 20.3 Å². The second-order valence-corrected chi connectivity index (χ2v) is 14.6. The van der Waals surface area contributed by atoms with Gasteiger partial charge in [0.1, 0.15) is 12.1 Å². The number of ketones is 1. The molecule has 0 saturated carbocycles. The summed E-state index contributed by atoms with van der Waals surface area (Å²) >= 11 is 0. The molecule has 0 atom stereocenters. The molecule has 0 aliphatic rings. The van der Waals surface area contributed by atoms with Crippen LogP contribution >= 0.6 is 0 Å². The van der Waals surface area contributed by atoms with Gasteiger partial charge in [-0.25, -0.2) is 0 Å².